The molecule has 108 valence electrons. The molecule has 2 aromatic carbocycles. The summed E-state index contributed by atoms with van der Waals surface area (Å²) in [5.74, 6) is 0.637. The molecule has 1 aliphatic heterocycles. The highest BCUT2D eigenvalue weighted by Crippen LogP contribution is 2.37. The van der Waals surface area contributed by atoms with E-state index in [-0.39, 0.29) is 5.91 Å². The lowest BCUT2D eigenvalue weighted by molar-refractivity contribution is -0.114. The van der Waals surface area contributed by atoms with E-state index in [9.17, 15) is 4.79 Å². The van der Waals surface area contributed by atoms with Crippen molar-refractivity contribution in [1.82, 2.24) is 0 Å². The number of carbonyl (C=O) groups excluding carboxylic acids is 1. The Morgan fingerprint density at radius 1 is 1.24 bits per heavy atom. The van der Waals surface area contributed by atoms with Crippen LogP contribution in [-0.4, -0.2) is 17.8 Å². The van der Waals surface area contributed by atoms with Crippen LogP contribution in [0.15, 0.2) is 53.4 Å². The number of nitrogens with one attached hydrogen (secondary N) is 1. The molecule has 1 atom stereocenters. The Hall–Kier alpha value is -1.94. The minimum absolute atomic E-state index is 0.0892. The fourth-order valence-electron chi connectivity index (χ4n) is 2.42. The van der Waals surface area contributed by atoms with E-state index in [0.29, 0.717) is 11.9 Å². The van der Waals surface area contributed by atoms with E-state index in [1.54, 1.807) is 0 Å². The SMILES string of the molecule is CC(=O)Nc1ccccc1OCC1Cc2ccccc2S1. The molecule has 21 heavy (non-hydrogen) atoms. The molecule has 0 radical (unpaired) electrons. The van der Waals surface area contributed by atoms with Crippen molar-refractivity contribution in [3.05, 3.63) is 54.1 Å². The first-order valence-corrected chi connectivity index (χ1v) is 7.84. The van der Waals surface area contributed by atoms with Crippen LogP contribution in [0.5, 0.6) is 5.75 Å². The molecular weight excluding hydrogens is 282 g/mol. The van der Waals surface area contributed by atoms with Crippen LogP contribution in [0.25, 0.3) is 0 Å². The van der Waals surface area contributed by atoms with E-state index in [1.807, 2.05) is 36.0 Å². The van der Waals surface area contributed by atoms with Crippen LogP contribution < -0.4 is 10.1 Å². The van der Waals surface area contributed by atoms with Gasteiger partial charge in [-0.3, -0.25) is 4.79 Å². The first-order valence-electron chi connectivity index (χ1n) is 6.96. The van der Waals surface area contributed by atoms with Gasteiger partial charge in [0.05, 0.1) is 5.69 Å². The Bertz CT molecular complexity index is 632. The van der Waals surface area contributed by atoms with Crippen molar-refractivity contribution in [2.75, 3.05) is 11.9 Å². The van der Waals surface area contributed by atoms with Crippen LogP contribution in [-0.2, 0) is 11.2 Å². The van der Waals surface area contributed by atoms with Gasteiger partial charge in [-0.2, -0.15) is 0 Å². The van der Waals surface area contributed by atoms with Gasteiger partial charge in [-0.25, -0.2) is 0 Å². The van der Waals surface area contributed by atoms with E-state index in [1.165, 1.54) is 17.4 Å². The maximum absolute atomic E-state index is 11.2. The molecular formula is C17H17NO2S. The van der Waals surface area contributed by atoms with E-state index in [0.717, 1.165) is 17.9 Å². The molecule has 0 bridgehead atoms. The van der Waals surface area contributed by atoms with Crippen molar-refractivity contribution in [1.29, 1.82) is 0 Å². The third-order valence-corrected chi connectivity index (χ3v) is 4.62. The summed E-state index contributed by atoms with van der Waals surface area (Å²) in [5, 5.41) is 3.22. The van der Waals surface area contributed by atoms with Crippen LogP contribution in [0.2, 0.25) is 0 Å². The number of fused-ring (bicyclic) bond motifs is 1. The zero-order chi connectivity index (χ0) is 14.7. The third-order valence-electron chi connectivity index (χ3n) is 3.34. The summed E-state index contributed by atoms with van der Waals surface area (Å²) in [5.41, 5.74) is 2.12. The number of amides is 1. The molecule has 2 aromatic rings. The molecule has 1 aliphatic rings. The van der Waals surface area contributed by atoms with Gasteiger partial charge in [-0.05, 0) is 30.2 Å². The number of benzene rings is 2. The normalized spacial score (nSPS) is 16.3. The molecule has 1 unspecified atom stereocenters. The maximum atomic E-state index is 11.2. The van der Waals surface area contributed by atoms with Crippen molar-refractivity contribution in [3.8, 4) is 5.75 Å². The zero-order valence-corrected chi connectivity index (χ0v) is 12.7. The lowest BCUT2D eigenvalue weighted by Gasteiger charge is -2.14. The summed E-state index contributed by atoms with van der Waals surface area (Å²) >= 11 is 1.86. The lowest BCUT2D eigenvalue weighted by atomic mass is 10.1. The molecule has 0 saturated heterocycles. The van der Waals surface area contributed by atoms with Gasteiger partial charge in [0, 0.05) is 17.1 Å². The molecule has 0 aliphatic carbocycles. The van der Waals surface area contributed by atoms with Crippen molar-refractivity contribution in [2.45, 2.75) is 23.5 Å². The highest BCUT2D eigenvalue weighted by atomic mass is 32.2. The van der Waals surface area contributed by atoms with E-state index in [2.05, 4.69) is 29.6 Å². The summed E-state index contributed by atoms with van der Waals surface area (Å²) in [4.78, 5) is 12.6. The average molecular weight is 299 g/mol. The number of hydrogen-bond donors (Lipinski definition) is 1. The Kier molecular flexibility index (Phi) is 4.15. The molecule has 0 aromatic heterocycles. The Morgan fingerprint density at radius 3 is 2.81 bits per heavy atom. The van der Waals surface area contributed by atoms with Gasteiger partial charge in [-0.15, -0.1) is 11.8 Å². The third kappa shape index (κ3) is 3.39. The molecule has 3 nitrogen and oxygen atoms in total. The number of anilines is 1. The standard InChI is InChI=1S/C17H17NO2S/c1-12(19)18-15-7-3-4-8-16(15)20-11-14-10-13-6-2-5-9-17(13)21-14/h2-9,14H,10-11H2,1H3,(H,18,19). The van der Waals surface area contributed by atoms with E-state index >= 15 is 0 Å². The lowest BCUT2D eigenvalue weighted by Crippen LogP contribution is -2.15. The van der Waals surface area contributed by atoms with Gasteiger partial charge in [-0.1, -0.05) is 30.3 Å². The van der Waals surface area contributed by atoms with Gasteiger partial charge in [0.25, 0.3) is 0 Å². The molecule has 1 amide bonds. The quantitative estimate of drug-likeness (QED) is 0.934. The van der Waals surface area contributed by atoms with Gasteiger partial charge in [0.1, 0.15) is 12.4 Å². The number of thioether (sulfide) groups is 1. The smallest absolute Gasteiger partial charge is 0.221 e. The Balaban J connectivity index is 1.63. The second-order valence-electron chi connectivity index (χ2n) is 5.04. The molecule has 0 spiro atoms. The van der Waals surface area contributed by atoms with Crippen LogP contribution in [0.1, 0.15) is 12.5 Å². The van der Waals surface area contributed by atoms with Gasteiger partial charge in [0.15, 0.2) is 0 Å². The monoisotopic (exact) mass is 299 g/mol. The van der Waals surface area contributed by atoms with Crippen LogP contribution >= 0.6 is 11.8 Å². The highest BCUT2D eigenvalue weighted by Gasteiger charge is 2.22. The molecule has 3 rings (SSSR count). The summed E-state index contributed by atoms with van der Waals surface area (Å²) in [7, 11) is 0. The van der Waals surface area contributed by atoms with Gasteiger partial charge < -0.3 is 10.1 Å². The van der Waals surface area contributed by atoms with Crippen LogP contribution in [0, 0.1) is 0 Å². The van der Waals surface area contributed by atoms with Crippen molar-refractivity contribution >= 4 is 23.4 Å². The number of ether oxygens (including phenoxy) is 1. The average Bonchev–Trinajstić information content (AvgIpc) is 2.88. The Labute approximate surface area is 128 Å². The van der Waals surface area contributed by atoms with Crippen molar-refractivity contribution in [3.63, 3.8) is 0 Å². The van der Waals surface area contributed by atoms with Gasteiger partial charge >= 0.3 is 0 Å². The molecule has 1 N–H and O–H groups in total. The molecule has 1 heterocycles. The topological polar surface area (TPSA) is 38.3 Å². The number of hydrogen-bond acceptors (Lipinski definition) is 3. The second kappa shape index (κ2) is 6.22. The summed E-state index contributed by atoms with van der Waals surface area (Å²) in [6.45, 7) is 2.14. The minimum atomic E-state index is -0.0892. The van der Waals surface area contributed by atoms with E-state index in [4.69, 9.17) is 4.74 Å². The number of rotatable bonds is 4. The van der Waals surface area contributed by atoms with Crippen molar-refractivity contribution in [2.24, 2.45) is 0 Å². The van der Waals surface area contributed by atoms with Crippen LogP contribution in [0.3, 0.4) is 0 Å². The number of carbonyl (C=O) groups is 1. The number of para-hydroxylation sites is 2. The van der Waals surface area contributed by atoms with E-state index < -0.39 is 0 Å². The maximum Gasteiger partial charge on any atom is 0.221 e. The minimum Gasteiger partial charge on any atom is -0.490 e. The largest absolute Gasteiger partial charge is 0.490 e. The highest BCUT2D eigenvalue weighted by molar-refractivity contribution is 8.00. The molecule has 0 saturated carbocycles. The van der Waals surface area contributed by atoms with Crippen LogP contribution in [0.4, 0.5) is 5.69 Å². The first kappa shape index (κ1) is 14.0. The predicted molar refractivity (Wildman–Crippen MR) is 86.0 cm³/mol. The summed E-state index contributed by atoms with van der Waals surface area (Å²) in [6, 6.07) is 16.0. The van der Waals surface area contributed by atoms with Crippen molar-refractivity contribution < 1.29 is 9.53 Å². The zero-order valence-electron chi connectivity index (χ0n) is 11.8. The second-order valence-corrected chi connectivity index (χ2v) is 6.38. The first-order chi connectivity index (χ1) is 10.2. The summed E-state index contributed by atoms with van der Waals surface area (Å²) < 4.78 is 5.92. The Morgan fingerprint density at radius 2 is 2.00 bits per heavy atom. The molecule has 0 fully saturated rings. The summed E-state index contributed by atoms with van der Waals surface area (Å²) in [6.07, 6.45) is 1.03. The van der Waals surface area contributed by atoms with Gasteiger partial charge in [0.2, 0.25) is 5.91 Å². The molecule has 4 heteroatoms. The fourth-order valence-corrected chi connectivity index (χ4v) is 3.63. The predicted octanol–water partition coefficient (Wildman–Crippen LogP) is 3.74. The fraction of sp³-hybridized carbons (Fsp3) is 0.235.